The zero-order chi connectivity index (χ0) is 10.7. The molecule has 0 radical (unpaired) electrons. The minimum absolute atomic E-state index is 1.09. The van der Waals surface area contributed by atoms with Gasteiger partial charge < -0.3 is 5.32 Å². The number of nitrogens with zero attached hydrogens (tertiary/aromatic N) is 2. The van der Waals surface area contributed by atoms with Gasteiger partial charge >= 0.3 is 0 Å². The molecule has 2 rings (SSSR count). The van der Waals surface area contributed by atoms with Crippen LogP contribution in [0, 0.1) is 0 Å². The predicted octanol–water partition coefficient (Wildman–Crippen LogP) is 2.07. The van der Waals surface area contributed by atoms with E-state index in [-0.39, 0.29) is 0 Å². The first kappa shape index (κ1) is 10.9. The molecular formula is C11H19N3S. The minimum Gasteiger partial charge on any atom is -0.370 e. The maximum absolute atomic E-state index is 4.61. The molecule has 1 aromatic rings. The zero-order valence-electron chi connectivity index (χ0n) is 9.55. The Morgan fingerprint density at radius 3 is 3.13 bits per heavy atom. The summed E-state index contributed by atoms with van der Waals surface area (Å²) in [5, 5.41) is 8.10. The molecule has 1 aromatic heterocycles. The van der Waals surface area contributed by atoms with Crippen molar-refractivity contribution in [1.29, 1.82) is 0 Å². The lowest BCUT2D eigenvalue weighted by atomic mass is 10.1. The van der Waals surface area contributed by atoms with Crippen LogP contribution in [0.3, 0.4) is 0 Å². The van der Waals surface area contributed by atoms with Crippen LogP contribution in [0.15, 0.2) is 0 Å². The normalized spacial score (nSPS) is 15.6. The second-order valence-electron chi connectivity index (χ2n) is 4.02. The van der Waals surface area contributed by atoms with Crippen molar-refractivity contribution < 1.29 is 0 Å². The SMILES string of the molecule is CSCCc1nn(C)c2c1CCCCN2. The largest absolute Gasteiger partial charge is 0.370 e. The fourth-order valence-corrected chi connectivity index (χ4v) is 2.54. The smallest absolute Gasteiger partial charge is 0.127 e. The van der Waals surface area contributed by atoms with Crippen molar-refractivity contribution in [3.63, 3.8) is 0 Å². The van der Waals surface area contributed by atoms with E-state index in [1.807, 2.05) is 23.5 Å². The van der Waals surface area contributed by atoms with Gasteiger partial charge in [0.15, 0.2) is 0 Å². The van der Waals surface area contributed by atoms with Crippen LogP contribution < -0.4 is 5.32 Å². The highest BCUT2D eigenvalue weighted by Crippen LogP contribution is 2.25. The first-order chi connectivity index (χ1) is 7.33. The Labute approximate surface area is 95.6 Å². The summed E-state index contributed by atoms with van der Waals surface area (Å²) in [5.74, 6) is 2.42. The number of rotatable bonds is 3. The number of fused-ring (bicyclic) bond motifs is 1. The predicted molar refractivity (Wildman–Crippen MR) is 66.7 cm³/mol. The van der Waals surface area contributed by atoms with Crippen LogP contribution in [0.4, 0.5) is 5.82 Å². The number of anilines is 1. The van der Waals surface area contributed by atoms with Gasteiger partial charge in [-0.05, 0) is 31.3 Å². The molecule has 0 aromatic carbocycles. The van der Waals surface area contributed by atoms with Crippen molar-refractivity contribution in [2.24, 2.45) is 7.05 Å². The highest BCUT2D eigenvalue weighted by molar-refractivity contribution is 7.98. The van der Waals surface area contributed by atoms with E-state index in [9.17, 15) is 0 Å². The van der Waals surface area contributed by atoms with Crippen LogP contribution in [0.25, 0.3) is 0 Å². The third-order valence-corrected chi connectivity index (χ3v) is 3.53. The first-order valence-electron chi connectivity index (χ1n) is 5.60. The topological polar surface area (TPSA) is 29.9 Å². The molecule has 15 heavy (non-hydrogen) atoms. The molecule has 3 nitrogen and oxygen atoms in total. The van der Waals surface area contributed by atoms with E-state index in [1.165, 1.54) is 42.1 Å². The molecular weight excluding hydrogens is 206 g/mol. The molecule has 0 fully saturated rings. The van der Waals surface area contributed by atoms with Crippen molar-refractivity contribution in [1.82, 2.24) is 9.78 Å². The minimum atomic E-state index is 1.09. The summed E-state index contributed by atoms with van der Waals surface area (Å²) in [5.41, 5.74) is 2.76. The van der Waals surface area contributed by atoms with E-state index in [4.69, 9.17) is 0 Å². The van der Waals surface area contributed by atoms with Crippen molar-refractivity contribution >= 4 is 17.6 Å². The number of hydrogen-bond donors (Lipinski definition) is 1. The molecule has 0 aliphatic carbocycles. The lowest BCUT2D eigenvalue weighted by Crippen LogP contribution is -2.04. The average molecular weight is 225 g/mol. The third kappa shape index (κ3) is 2.30. The van der Waals surface area contributed by atoms with Crippen LogP contribution in [0.1, 0.15) is 24.1 Å². The Bertz CT molecular complexity index is 333. The molecule has 1 aliphatic rings. The summed E-state index contributed by atoms with van der Waals surface area (Å²) in [7, 11) is 2.04. The summed E-state index contributed by atoms with van der Waals surface area (Å²) in [6.45, 7) is 1.09. The van der Waals surface area contributed by atoms with E-state index in [0.29, 0.717) is 0 Å². The van der Waals surface area contributed by atoms with Gasteiger partial charge in [0, 0.05) is 25.6 Å². The fraction of sp³-hybridized carbons (Fsp3) is 0.727. The molecule has 0 amide bonds. The summed E-state index contributed by atoms with van der Waals surface area (Å²) in [6.07, 6.45) is 7.01. The maximum atomic E-state index is 4.61. The summed E-state index contributed by atoms with van der Waals surface area (Å²) < 4.78 is 2.01. The standard InChI is InChI=1S/C11H19N3S/c1-14-11-9(5-3-4-7-12-11)10(13-14)6-8-15-2/h12H,3-8H2,1-2H3. The van der Waals surface area contributed by atoms with E-state index in [2.05, 4.69) is 16.7 Å². The lowest BCUT2D eigenvalue weighted by Gasteiger charge is -2.03. The average Bonchev–Trinajstić information content (AvgIpc) is 2.45. The molecule has 0 saturated carbocycles. The second-order valence-corrected chi connectivity index (χ2v) is 5.01. The molecule has 0 unspecified atom stereocenters. The first-order valence-corrected chi connectivity index (χ1v) is 7.00. The molecule has 0 atom stereocenters. The number of thioether (sulfide) groups is 1. The van der Waals surface area contributed by atoms with Gasteiger partial charge in [-0.25, -0.2) is 0 Å². The highest BCUT2D eigenvalue weighted by atomic mass is 32.2. The van der Waals surface area contributed by atoms with Gasteiger partial charge in [0.25, 0.3) is 0 Å². The Morgan fingerprint density at radius 1 is 1.47 bits per heavy atom. The van der Waals surface area contributed by atoms with Crippen LogP contribution in [-0.2, 0) is 19.9 Å². The zero-order valence-corrected chi connectivity index (χ0v) is 10.4. The van der Waals surface area contributed by atoms with Gasteiger partial charge in [0.2, 0.25) is 0 Å². The van der Waals surface area contributed by atoms with Gasteiger partial charge in [-0.1, -0.05) is 0 Å². The van der Waals surface area contributed by atoms with Gasteiger partial charge in [-0.15, -0.1) is 0 Å². The van der Waals surface area contributed by atoms with E-state index in [1.54, 1.807) is 0 Å². The number of nitrogens with one attached hydrogen (secondary N) is 1. The van der Waals surface area contributed by atoms with Crippen molar-refractivity contribution in [3.8, 4) is 0 Å². The van der Waals surface area contributed by atoms with Crippen molar-refractivity contribution in [2.45, 2.75) is 25.7 Å². The molecule has 0 saturated heterocycles. The molecule has 1 N–H and O–H groups in total. The van der Waals surface area contributed by atoms with Crippen LogP contribution in [0.5, 0.6) is 0 Å². The van der Waals surface area contributed by atoms with E-state index < -0.39 is 0 Å². The summed E-state index contributed by atoms with van der Waals surface area (Å²) in [4.78, 5) is 0. The molecule has 84 valence electrons. The number of aryl methyl sites for hydroxylation is 2. The molecule has 2 heterocycles. The number of hydrogen-bond acceptors (Lipinski definition) is 3. The van der Waals surface area contributed by atoms with Gasteiger partial charge in [-0.2, -0.15) is 16.9 Å². The molecule has 4 heteroatoms. The van der Waals surface area contributed by atoms with Gasteiger partial charge in [-0.3, -0.25) is 4.68 Å². The lowest BCUT2D eigenvalue weighted by molar-refractivity contribution is 0.732. The second kappa shape index (κ2) is 4.92. The Hall–Kier alpha value is -0.640. The maximum Gasteiger partial charge on any atom is 0.127 e. The van der Waals surface area contributed by atoms with Gasteiger partial charge in [0.1, 0.15) is 5.82 Å². The summed E-state index contributed by atoms with van der Waals surface area (Å²) in [6, 6.07) is 0. The molecule has 0 spiro atoms. The quantitative estimate of drug-likeness (QED) is 0.854. The monoisotopic (exact) mass is 225 g/mol. The van der Waals surface area contributed by atoms with Crippen molar-refractivity contribution in [3.05, 3.63) is 11.3 Å². The van der Waals surface area contributed by atoms with Crippen LogP contribution in [-0.4, -0.2) is 28.3 Å². The third-order valence-electron chi connectivity index (χ3n) is 2.92. The Balaban J connectivity index is 2.23. The van der Waals surface area contributed by atoms with Crippen molar-refractivity contribution in [2.75, 3.05) is 23.9 Å². The van der Waals surface area contributed by atoms with Crippen LogP contribution >= 0.6 is 11.8 Å². The number of aromatic nitrogens is 2. The summed E-state index contributed by atoms with van der Waals surface area (Å²) >= 11 is 1.89. The molecule has 1 aliphatic heterocycles. The van der Waals surface area contributed by atoms with E-state index in [0.717, 1.165) is 13.0 Å². The van der Waals surface area contributed by atoms with E-state index >= 15 is 0 Å². The highest BCUT2D eigenvalue weighted by Gasteiger charge is 2.17. The Kier molecular flexibility index (Phi) is 3.57. The molecule has 0 bridgehead atoms. The Morgan fingerprint density at radius 2 is 2.33 bits per heavy atom. The van der Waals surface area contributed by atoms with Gasteiger partial charge in [0.05, 0.1) is 5.69 Å². The fourth-order valence-electron chi connectivity index (χ4n) is 2.14. The van der Waals surface area contributed by atoms with Crippen LogP contribution in [0.2, 0.25) is 0 Å².